The Hall–Kier alpha value is -3.18. The summed E-state index contributed by atoms with van der Waals surface area (Å²) in [6.45, 7) is 0. The molecule has 1 aromatic heterocycles. The lowest BCUT2D eigenvalue weighted by molar-refractivity contribution is -0.137. The van der Waals surface area contributed by atoms with Crippen LogP contribution in [0.25, 0.3) is 0 Å². The Morgan fingerprint density at radius 1 is 1.06 bits per heavy atom. The van der Waals surface area contributed by atoms with Gasteiger partial charge in [0, 0.05) is 12.0 Å². The summed E-state index contributed by atoms with van der Waals surface area (Å²) < 4.78 is 82.6. The highest BCUT2D eigenvalue weighted by Crippen LogP contribution is 2.39. The van der Waals surface area contributed by atoms with Gasteiger partial charge in [-0.3, -0.25) is 0 Å². The predicted octanol–water partition coefficient (Wildman–Crippen LogP) is 5.01. The van der Waals surface area contributed by atoms with Crippen molar-refractivity contribution in [3.63, 3.8) is 0 Å². The maximum absolute atomic E-state index is 13.0. The summed E-state index contributed by atoms with van der Waals surface area (Å²) in [6, 6.07) is 12.2. The Kier molecular flexibility index (Phi) is 6.50. The zero-order valence-electron chi connectivity index (χ0n) is 17.5. The van der Waals surface area contributed by atoms with Gasteiger partial charge >= 0.3 is 6.18 Å². The largest absolute Gasteiger partial charge is 0.439 e. The summed E-state index contributed by atoms with van der Waals surface area (Å²) in [5.41, 5.74) is -0.561. The third-order valence-electron chi connectivity index (χ3n) is 5.59. The lowest BCUT2D eigenvalue weighted by atomic mass is 9.83. The molecule has 1 heterocycles. The molecule has 1 unspecified atom stereocenters. The van der Waals surface area contributed by atoms with Gasteiger partial charge in [0.25, 0.3) is 0 Å². The van der Waals surface area contributed by atoms with E-state index >= 15 is 0 Å². The molecule has 0 aliphatic heterocycles. The summed E-state index contributed by atoms with van der Waals surface area (Å²) >= 11 is 0. The van der Waals surface area contributed by atoms with Gasteiger partial charge in [-0.05, 0) is 61.4 Å². The van der Waals surface area contributed by atoms with Gasteiger partial charge in [-0.2, -0.15) is 13.2 Å². The van der Waals surface area contributed by atoms with Gasteiger partial charge in [0.1, 0.15) is 17.8 Å². The highest BCUT2D eigenvalue weighted by atomic mass is 32.2. The van der Waals surface area contributed by atoms with Gasteiger partial charge in [0.2, 0.25) is 5.88 Å². The third kappa shape index (κ3) is 5.31. The number of nitrogens with one attached hydrogen (secondary N) is 1. The number of ether oxygens (including phenoxy) is 1. The fourth-order valence-electron chi connectivity index (χ4n) is 3.60. The summed E-state index contributed by atoms with van der Waals surface area (Å²) in [7, 11) is -3.95. The maximum Gasteiger partial charge on any atom is 0.416 e. The van der Waals surface area contributed by atoms with Crippen LogP contribution in [0.2, 0.25) is 0 Å². The van der Waals surface area contributed by atoms with E-state index in [2.05, 4.69) is 10.3 Å². The van der Waals surface area contributed by atoms with Gasteiger partial charge in [-0.15, -0.1) is 0 Å². The van der Waals surface area contributed by atoms with E-state index < -0.39 is 44.8 Å². The van der Waals surface area contributed by atoms with Crippen molar-refractivity contribution >= 4 is 15.5 Å². The molecule has 0 spiro atoms. The van der Waals surface area contributed by atoms with Crippen molar-refractivity contribution < 1.29 is 35.8 Å². The van der Waals surface area contributed by atoms with Crippen LogP contribution >= 0.6 is 0 Å². The minimum Gasteiger partial charge on any atom is -0.439 e. The molecule has 2 aromatic carbocycles. The van der Waals surface area contributed by atoms with Crippen molar-refractivity contribution in [3.05, 3.63) is 78.2 Å². The number of aliphatic hydroxyl groups is 1. The fourth-order valence-corrected chi connectivity index (χ4v) is 5.54. The average Bonchev–Trinajstić information content (AvgIpc) is 2.75. The van der Waals surface area contributed by atoms with Gasteiger partial charge in [-0.25, -0.2) is 17.8 Å². The van der Waals surface area contributed by atoms with E-state index in [1.54, 1.807) is 12.1 Å². The van der Waals surface area contributed by atoms with Crippen LogP contribution in [-0.2, 0) is 16.0 Å². The Morgan fingerprint density at radius 2 is 1.76 bits per heavy atom. The van der Waals surface area contributed by atoms with Crippen molar-refractivity contribution in [1.82, 2.24) is 4.98 Å². The minimum absolute atomic E-state index is 0.103. The van der Waals surface area contributed by atoms with Crippen LogP contribution in [0.3, 0.4) is 0 Å². The third-order valence-corrected chi connectivity index (χ3v) is 7.77. The first-order chi connectivity index (χ1) is 16.0. The first kappa shape index (κ1) is 24.0. The number of benzene rings is 2. The van der Waals surface area contributed by atoms with Crippen LogP contribution in [0, 0.1) is 11.7 Å². The number of pyridine rings is 1. The van der Waals surface area contributed by atoms with Crippen LogP contribution in [-0.4, -0.2) is 30.0 Å². The standard InChI is InChI=1S/C23H20F4N2O4S/c24-16-4-7-18(8-5-16)33-21-9-6-17(13-28-21)29-22(30)14-10-20(11-14)34(31,32)19-3-1-2-15(12-19)23(25,26)27/h1-9,12-14,20,22,29-30H,10-11H2. The fraction of sp³-hybridized carbons (Fsp3) is 0.261. The lowest BCUT2D eigenvalue weighted by Gasteiger charge is -2.38. The average molecular weight is 496 g/mol. The molecule has 34 heavy (non-hydrogen) atoms. The van der Waals surface area contributed by atoms with Crippen LogP contribution in [0.15, 0.2) is 71.8 Å². The van der Waals surface area contributed by atoms with E-state index in [1.807, 2.05) is 0 Å². The number of rotatable bonds is 7. The molecule has 6 nitrogen and oxygen atoms in total. The molecule has 3 aromatic rings. The van der Waals surface area contributed by atoms with Crippen LogP contribution in [0.1, 0.15) is 18.4 Å². The molecule has 1 atom stereocenters. The van der Waals surface area contributed by atoms with Gasteiger partial charge < -0.3 is 15.2 Å². The second-order valence-electron chi connectivity index (χ2n) is 7.95. The molecule has 1 aliphatic rings. The van der Waals surface area contributed by atoms with Crippen molar-refractivity contribution in [2.45, 2.75) is 35.4 Å². The number of aromatic nitrogens is 1. The summed E-state index contributed by atoms with van der Waals surface area (Å²) in [6.07, 6.45) is -4.09. The molecular formula is C23H20F4N2O4S. The summed E-state index contributed by atoms with van der Waals surface area (Å²) in [5.74, 6) is -0.143. The van der Waals surface area contributed by atoms with Gasteiger partial charge in [0.05, 0.1) is 27.6 Å². The lowest BCUT2D eigenvalue weighted by Crippen LogP contribution is -2.44. The second kappa shape index (κ2) is 9.22. The van der Waals surface area contributed by atoms with Crippen LogP contribution in [0.5, 0.6) is 11.6 Å². The molecule has 11 heteroatoms. The van der Waals surface area contributed by atoms with Gasteiger partial charge in [0.15, 0.2) is 9.84 Å². The zero-order valence-corrected chi connectivity index (χ0v) is 18.4. The number of alkyl halides is 3. The Labute approximate surface area is 193 Å². The summed E-state index contributed by atoms with van der Waals surface area (Å²) in [5, 5.41) is 12.4. The maximum atomic E-state index is 13.0. The van der Waals surface area contributed by atoms with E-state index in [9.17, 15) is 31.1 Å². The molecule has 1 aliphatic carbocycles. The molecule has 4 rings (SSSR count). The summed E-state index contributed by atoms with van der Waals surface area (Å²) in [4.78, 5) is 3.72. The van der Waals surface area contributed by atoms with Crippen molar-refractivity contribution in [3.8, 4) is 11.6 Å². The molecule has 180 valence electrons. The molecule has 1 fully saturated rings. The monoisotopic (exact) mass is 496 g/mol. The first-order valence-electron chi connectivity index (χ1n) is 10.3. The normalized spacial score (nSPS) is 19.2. The molecule has 0 radical (unpaired) electrons. The van der Waals surface area contributed by atoms with Crippen molar-refractivity contribution in [2.75, 3.05) is 5.32 Å². The number of hydrogen-bond donors (Lipinski definition) is 2. The quantitative estimate of drug-likeness (QED) is 0.353. The molecule has 2 N–H and O–H groups in total. The zero-order chi connectivity index (χ0) is 24.5. The Bertz CT molecular complexity index is 1240. The second-order valence-corrected chi connectivity index (χ2v) is 10.2. The van der Waals surface area contributed by atoms with E-state index in [1.165, 1.54) is 30.5 Å². The molecule has 0 saturated heterocycles. The van der Waals surface area contributed by atoms with E-state index in [0.717, 1.165) is 18.2 Å². The number of hydrogen-bond acceptors (Lipinski definition) is 6. The topological polar surface area (TPSA) is 88.5 Å². The molecule has 1 saturated carbocycles. The smallest absolute Gasteiger partial charge is 0.416 e. The minimum atomic E-state index is -4.64. The molecular weight excluding hydrogens is 476 g/mol. The molecule has 0 amide bonds. The molecule has 0 bridgehead atoms. The van der Waals surface area contributed by atoms with Crippen LogP contribution in [0.4, 0.5) is 23.2 Å². The van der Waals surface area contributed by atoms with E-state index in [4.69, 9.17) is 4.74 Å². The number of nitrogens with zero attached hydrogens (tertiary/aromatic N) is 1. The Morgan fingerprint density at radius 3 is 2.38 bits per heavy atom. The van der Waals surface area contributed by atoms with Crippen molar-refractivity contribution in [1.29, 1.82) is 0 Å². The van der Waals surface area contributed by atoms with Crippen LogP contribution < -0.4 is 10.1 Å². The number of sulfone groups is 1. The predicted molar refractivity (Wildman–Crippen MR) is 115 cm³/mol. The van der Waals surface area contributed by atoms with E-state index in [-0.39, 0.29) is 23.6 Å². The highest BCUT2D eigenvalue weighted by molar-refractivity contribution is 7.92. The van der Waals surface area contributed by atoms with E-state index in [0.29, 0.717) is 17.5 Å². The number of aliphatic hydroxyl groups excluding tert-OH is 1. The SMILES string of the molecule is O=S(=O)(c1cccc(C(F)(F)F)c1)C1CC(C(O)Nc2ccc(Oc3ccc(F)cc3)nc2)C1. The number of halogens is 4. The van der Waals surface area contributed by atoms with Crippen molar-refractivity contribution in [2.24, 2.45) is 5.92 Å². The number of anilines is 1. The first-order valence-corrected chi connectivity index (χ1v) is 11.8. The Balaban J connectivity index is 1.33. The van der Waals surface area contributed by atoms with Gasteiger partial charge in [-0.1, -0.05) is 6.07 Å². The highest BCUT2D eigenvalue weighted by Gasteiger charge is 2.43.